The van der Waals surface area contributed by atoms with Gasteiger partial charge < -0.3 is 5.32 Å². The quantitative estimate of drug-likeness (QED) is 0.709. The highest BCUT2D eigenvalue weighted by molar-refractivity contribution is 5.24. The van der Waals surface area contributed by atoms with E-state index in [1.165, 1.54) is 0 Å². The zero-order valence-electron chi connectivity index (χ0n) is 7.92. The van der Waals surface area contributed by atoms with Gasteiger partial charge in [-0.25, -0.2) is 0 Å². The van der Waals surface area contributed by atoms with Gasteiger partial charge in [0, 0.05) is 5.54 Å². The molecule has 5 heteroatoms. The number of tetrazole rings is 1. The van der Waals surface area contributed by atoms with Crippen LogP contribution in [0.2, 0.25) is 0 Å². The first kappa shape index (κ1) is 8.96. The second kappa shape index (κ2) is 3.08. The molecule has 5 nitrogen and oxygen atoms in total. The fourth-order valence-electron chi connectivity index (χ4n) is 0.647. The maximum absolute atomic E-state index is 3.83. The number of anilines is 1. The van der Waals surface area contributed by atoms with Crippen molar-refractivity contribution in [2.45, 2.75) is 33.2 Å². The minimum absolute atomic E-state index is 0.0100. The zero-order valence-corrected chi connectivity index (χ0v) is 7.92. The van der Waals surface area contributed by atoms with E-state index < -0.39 is 0 Å². The van der Waals surface area contributed by atoms with Gasteiger partial charge in [-0.15, -0.1) is 5.10 Å². The maximum atomic E-state index is 3.83. The largest absolute Gasteiger partial charge is 0.346 e. The van der Waals surface area contributed by atoms with E-state index in [0.717, 1.165) is 0 Å². The second-order valence-corrected chi connectivity index (χ2v) is 3.74. The smallest absolute Gasteiger partial charge is 0.263 e. The van der Waals surface area contributed by atoms with Gasteiger partial charge in [-0.05, 0) is 25.0 Å². The summed E-state index contributed by atoms with van der Waals surface area (Å²) in [5.74, 6) is 1.06. The molecule has 0 saturated carbocycles. The number of rotatable bonds is 3. The lowest BCUT2D eigenvalue weighted by Gasteiger charge is -2.29. The molecule has 0 aliphatic heterocycles. The van der Waals surface area contributed by atoms with Crippen LogP contribution >= 0.6 is 0 Å². The van der Waals surface area contributed by atoms with Crippen molar-refractivity contribution in [3.8, 4) is 0 Å². The maximum Gasteiger partial charge on any atom is 0.263 e. The summed E-state index contributed by atoms with van der Waals surface area (Å²) in [7, 11) is 0. The van der Waals surface area contributed by atoms with E-state index in [0.29, 0.717) is 11.9 Å². The van der Waals surface area contributed by atoms with Gasteiger partial charge in [0.15, 0.2) is 0 Å². The average molecular weight is 169 g/mol. The Morgan fingerprint density at radius 3 is 2.50 bits per heavy atom. The van der Waals surface area contributed by atoms with Gasteiger partial charge >= 0.3 is 0 Å². The Morgan fingerprint density at radius 2 is 2.08 bits per heavy atom. The van der Waals surface area contributed by atoms with Crippen molar-refractivity contribution in [2.24, 2.45) is 5.92 Å². The van der Waals surface area contributed by atoms with Crippen molar-refractivity contribution in [1.82, 2.24) is 20.6 Å². The number of nitrogens with zero attached hydrogens (tertiary/aromatic N) is 3. The monoisotopic (exact) mass is 169 g/mol. The highest BCUT2D eigenvalue weighted by Gasteiger charge is 2.23. The first-order chi connectivity index (χ1) is 5.52. The predicted molar refractivity (Wildman–Crippen MR) is 46.7 cm³/mol. The molecule has 0 amide bonds. The molecular formula is C7H15N5. The second-order valence-electron chi connectivity index (χ2n) is 3.74. The standard InChI is InChI=1S/C7H15N5/c1-5(2)7(3,4)8-6-9-11-12-10-6/h5H,1-4H3,(H2,8,9,10,11,12). The summed E-state index contributed by atoms with van der Waals surface area (Å²) >= 11 is 0. The van der Waals surface area contributed by atoms with Crippen molar-refractivity contribution in [3.63, 3.8) is 0 Å². The highest BCUT2D eigenvalue weighted by atomic mass is 15.5. The lowest BCUT2D eigenvalue weighted by atomic mass is 9.91. The number of aromatic amines is 1. The Labute approximate surface area is 71.9 Å². The Hall–Kier alpha value is -1.13. The Balaban J connectivity index is 2.62. The number of aromatic nitrogens is 4. The average Bonchev–Trinajstić information content (AvgIpc) is 2.38. The van der Waals surface area contributed by atoms with Crippen LogP contribution < -0.4 is 5.32 Å². The van der Waals surface area contributed by atoms with Crippen molar-refractivity contribution in [1.29, 1.82) is 0 Å². The summed E-state index contributed by atoms with van der Waals surface area (Å²) in [6, 6.07) is 0. The van der Waals surface area contributed by atoms with Crippen LogP contribution in [0.1, 0.15) is 27.7 Å². The molecule has 1 aromatic heterocycles. The Bertz CT molecular complexity index is 226. The van der Waals surface area contributed by atoms with Gasteiger partial charge in [0.1, 0.15) is 0 Å². The molecule has 0 bridgehead atoms. The van der Waals surface area contributed by atoms with E-state index >= 15 is 0 Å². The molecule has 68 valence electrons. The normalized spacial score (nSPS) is 12.1. The van der Waals surface area contributed by atoms with Gasteiger partial charge in [0.25, 0.3) is 5.95 Å². The van der Waals surface area contributed by atoms with E-state index in [4.69, 9.17) is 0 Å². The molecule has 2 N–H and O–H groups in total. The van der Waals surface area contributed by atoms with Crippen LogP contribution in [0.25, 0.3) is 0 Å². The lowest BCUT2D eigenvalue weighted by molar-refractivity contribution is 0.405. The van der Waals surface area contributed by atoms with Crippen molar-refractivity contribution >= 4 is 5.95 Å². The molecule has 0 aliphatic carbocycles. The van der Waals surface area contributed by atoms with Gasteiger partial charge in [-0.3, -0.25) is 0 Å². The summed E-state index contributed by atoms with van der Waals surface area (Å²) in [5.41, 5.74) is -0.0100. The molecule has 0 unspecified atom stereocenters. The fraction of sp³-hybridized carbons (Fsp3) is 0.857. The van der Waals surface area contributed by atoms with Crippen molar-refractivity contribution < 1.29 is 0 Å². The molecule has 1 rings (SSSR count). The predicted octanol–water partition coefficient (Wildman–Crippen LogP) is 1.05. The van der Waals surface area contributed by atoms with E-state index in [1.54, 1.807) is 0 Å². The van der Waals surface area contributed by atoms with Crippen LogP contribution in [0.5, 0.6) is 0 Å². The summed E-state index contributed by atoms with van der Waals surface area (Å²) in [6.45, 7) is 8.50. The van der Waals surface area contributed by atoms with Crippen molar-refractivity contribution in [2.75, 3.05) is 5.32 Å². The molecule has 0 radical (unpaired) electrons. The molecule has 12 heavy (non-hydrogen) atoms. The Kier molecular flexibility index (Phi) is 2.30. The van der Waals surface area contributed by atoms with E-state index in [-0.39, 0.29) is 5.54 Å². The zero-order chi connectivity index (χ0) is 9.19. The van der Waals surface area contributed by atoms with Gasteiger partial charge in [0.2, 0.25) is 0 Å². The molecular weight excluding hydrogens is 154 g/mol. The molecule has 1 aromatic rings. The van der Waals surface area contributed by atoms with E-state index in [1.807, 2.05) is 0 Å². The fourth-order valence-corrected chi connectivity index (χ4v) is 0.647. The van der Waals surface area contributed by atoms with Crippen LogP contribution in [0, 0.1) is 5.92 Å². The third kappa shape index (κ3) is 1.93. The van der Waals surface area contributed by atoms with Crippen LogP contribution in [0.4, 0.5) is 5.95 Å². The lowest BCUT2D eigenvalue weighted by Crippen LogP contribution is -2.37. The number of hydrogen-bond donors (Lipinski definition) is 2. The molecule has 0 aromatic carbocycles. The Morgan fingerprint density at radius 1 is 1.42 bits per heavy atom. The molecule has 0 atom stereocenters. The van der Waals surface area contributed by atoms with E-state index in [2.05, 4.69) is 53.6 Å². The van der Waals surface area contributed by atoms with Crippen LogP contribution in [-0.4, -0.2) is 26.2 Å². The van der Waals surface area contributed by atoms with Crippen molar-refractivity contribution in [3.05, 3.63) is 0 Å². The van der Waals surface area contributed by atoms with Crippen LogP contribution in [0.15, 0.2) is 0 Å². The van der Waals surface area contributed by atoms with Gasteiger partial charge in [-0.1, -0.05) is 18.9 Å². The van der Waals surface area contributed by atoms with Crippen LogP contribution in [0.3, 0.4) is 0 Å². The molecule has 1 heterocycles. The van der Waals surface area contributed by atoms with Gasteiger partial charge in [0.05, 0.1) is 0 Å². The first-order valence-electron chi connectivity index (χ1n) is 4.04. The number of hydrogen-bond acceptors (Lipinski definition) is 4. The molecule has 0 fully saturated rings. The minimum Gasteiger partial charge on any atom is -0.346 e. The summed E-state index contributed by atoms with van der Waals surface area (Å²) < 4.78 is 0. The molecule has 0 saturated heterocycles. The summed E-state index contributed by atoms with van der Waals surface area (Å²) in [4.78, 5) is 0. The topological polar surface area (TPSA) is 66.5 Å². The minimum atomic E-state index is -0.0100. The third-order valence-corrected chi connectivity index (χ3v) is 2.22. The summed E-state index contributed by atoms with van der Waals surface area (Å²) in [6.07, 6.45) is 0. The SMILES string of the molecule is CC(C)C(C)(C)Nc1nn[nH]n1. The number of H-pyrrole nitrogens is 1. The third-order valence-electron chi connectivity index (χ3n) is 2.22. The molecule has 0 aliphatic rings. The molecule has 0 spiro atoms. The number of nitrogens with one attached hydrogen (secondary N) is 2. The first-order valence-corrected chi connectivity index (χ1v) is 4.04. The highest BCUT2D eigenvalue weighted by Crippen LogP contribution is 2.18. The van der Waals surface area contributed by atoms with Gasteiger partial charge in [-0.2, -0.15) is 5.21 Å². The van der Waals surface area contributed by atoms with Crippen LogP contribution in [-0.2, 0) is 0 Å². The van der Waals surface area contributed by atoms with E-state index in [9.17, 15) is 0 Å². The summed E-state index contributed by atoms with van der Waals surface area (Å²) in [5, 5.41) is 16.7.